The normalized spacial score (nSPS) is 24.6. The van der Waals surface area contributed by atoms with Gasteiger partial charge in [0.25, 0.3) is 0 Å². The Morgan fingerprint density at radius 3 is 3.12 bits per heavy atom. The third-order valence-electron chi connectivity index (χ3n) is 2.65. The summed E-state index contributed by atoms with van der Waals surface area (Å²) in [6, 6.07) is 2.23. The van der Waals surface area contributed by atoms with Crippen molar-refractivity contribution in [3.05, 3.63) is 12.4 Å². The Bertz CT molecular complexity index is 349. The molecule has 1 saturated heterocycles. The molecule has 0 amide bonds. The molecule has 6 heteroatoms. The molecule has 0 radical (unpaired) electrons. The van der Waals surface area contributed by atoms with E-state index in [1.807, 2.05) is 12.3 Å². The van der Waals surface area contributed by atoms with Crippen LogP contribution in [-0.4, -0.2) is 48.6 Å². The second-order valence-corrected chi connectivity index (χ2v) is 4.46. The summed E-state index contributed by atoms with van der Waals surface area (Å²) in [4.78, 5) is 8.34. The molecule has 0 aliphatic carbocycles. The molecule has 1 fully saturated rings. The molecule has 0 saturated carbocycles. The predicted octanol–water partition coefficient (Wildman–Crippen LogP) is 0.597. The minimum atomic E-state index is 0.202. The van der Waals surface area contributed by atoms with Crippen LogP contribution in [0.5, 0.6) is 0 Å². The number of aromatic nitrogens is 2. The average Bonchev–Trinajstić information content (AvgIpc) is 2.76. The number of ether oxygens (including phenoxy) is 1. The summed E-state index contributed by atoms with van der Waals surface area (Å²) in [7, 11) is 1.74. The number of thioether (sulfide) groups is 1. The van der Waals surface area contributed by atoms with E-state index in [0.29, 0.717) is 0 Å². The maximum Gasteiger partial charge on any atom is 0.130 e. The molecule has 0 spiro atoms. The van der Waals surface area contributed by atoms with Gasteiger partial charge in [-0.3, -0.25) is 0 Å². The van der Waals surface area contributed by atoms with Crippen molar-refractivity contribution < 1.29 is 4.74 Å². The van der Waals surface area contributed by atoms with Gasteiger partial charge in [-0.25, -0.2) is 9.97 Å². The number of anilines is 1. The zero-order chi connectivity index (χ0) is 11.4. The van der Waals surface area contributed by atoms with Crippen molar-refractivity contribution in [3.8, 4) is 0 Å². The highest BCUT2D eigenvalue weighted by Gasteiger charge is 2.26. The summed E-state index contributed by atoms with van der Waals surface area (Å²) >= 11 is 1.61. The number of hydrogen-bond donors (Lipinski definition) is 2. The lowest BCUT2D eigenvalue weighted by Crippen LogP contribution is -2.33. The Labute approximate surface area is 99.4 Å². The predicted molar refractivity (Wildman–Crippen MR) is 64.9 cm³/mol. The van der Waals surface area contributed by atoms with E-state index in [1.165, 1.54) is 0 Å². The van der Waals surface area contributed by atoms with Crippen LogP contribution in [0, 0.1) is 0 Å². The molecular weight excluding hydrogens is 224 g/mol. The summed E-state index contributed by atoms with van der Waals surface area (Å²) < 4.78 is 5.38. The van der Waals surface area contributed by atoms with Crippen LogP contribution in [0.2, 0.25) is 0 Å². The molecule has 2 rings (SSSR count). The van der Waals surface area contributed by atoms with Crippen LogP contribution in [0.4, 0.5) is 5.82 Å². The Hall–Kier alpha value is -0.850. The molecule has 1 aliphatic rings. The van der Waals surface area contributed by atoms with Crippen molar-refractivity contribution in [2.24, 2.45) is 0 Å². The minimum Gasteiger partial charge on any atom is -0.378 e. The van der Waals surface area contributed by atoms with E-state index in [4.69, 9.17) is 4.74 Å². The maximum absolute atomic E-state index is 5.38. The minimum absolute atomic E-state index is 0.202. The van der Waals surface area contributed by atoms with Gasteiger partial charge in [-0.1, -0.05) is 0 Å². The van der Waals surface area contributed by atoms with E-state index in [9.17, 15) is 0 Å². The Morgan fingerprint density at radius 1 is 1.50 bits per heavy atom. The quantitative estimate of drug-likeness (QED) is 0.593. The molecule has 0 aromatic carbocycles. The van der Waals surface area contributed by atoms with E-state index < -0.39 is 0 Å². The van der Waals surface area contributed by atoms with E-state index in [2.05, 4.69) is 20.6 Å². The van der Waals surface area contributed by atoms with Crippen molar-refractivity contribution in [3.63, 3.8) is 0 Å². The Kier molecular flexibility index (Phi) is 3.98. The van der Waals surface area contributed by atoms with Gasteiger partial charge in [0, 0.05) is 26.3 Å². The lowest BCUT2D eigenvalue weighted by Gasteiger charge is -2.19. The monoisotopic (exact) mass is 240 g/mol. The van der Waals surface area contributed by atoms with Gasteiger partial charge in [-0.2, -0.15) is 0 Å². The first-order chi connectivity index (χ1) is 7.83. The molecule has 16 heavy (non-hydrogen) atoms. The third-order valence-corrected chi connectivity index (χ3v) is 3.29. The van der Waals surface area contributed by atoms with Crippen molar-refractivity contribution >= 4 is 17.6 Å². The Morgan fingerprint density at radius 2 is 2.38 bits per heavy atom. The summed E-state index contributed by atoms with van der Waals surface area (Å²) in [6.45, 7) is 1.78. The fraction of sp³-hybridized carbons (Fsp3) is 0.600. The van der Waals surface area contributed by atoms with Crippen LogP contribution in [0.1, 0.15) is 0 Å². The van der Waals surface area contributed by atoms with Crippen LogP contribution in [-0.2, 0) is 4.74 Å². The lowest BCUT2D eigenvalue weighted by atomic mass is 10.2. The van der Waals surface area contributed by atoms with Gasteiger partial charge < -0.3 is 15.4 Å². The molecule has 1 aromatic heterocycles. The zero-order valence-electron chi connectivity index (χ0n) is 9.43. The fourth-order valence-corrected chi connectivity index (χ4v) is 2.15. The molecule has 0 bridgehead atoms. The zero-order valence-corrected chi connectivity index (χ0v) is 10.3. The molecular formula is C10H16N4OS. The molecule has 1 aromatic rings. The molecule has 2 N–H and O–H groups in total. The first-order valence-corrected chi connectivity index (χ1v) is 6.42. The first-order valence-electron chi connectivity index (χ1n) is 5.19. The summed E-state index contributed by atoms with van der Waals surface area (Å²) in [5, 5.41) is 7.62. The molecule has 5 nitrogen and oxygen atoms in total. The van der Waals surface area contributed by atoms with Gasteiger partial charge in [-0.05, 0) is 6.26 Å². The van der Waals surface area contributed by atoms with Crippen LogP contribution in [0.25, 0.3) is 0 Å². The standard InChI is InChI=1S/C10H16N4OS/c1-15-8-5-11-4-7(8)14-9-3-10(16-2)13-6-12-9/h3,6-8,11H,4-5H2,1-2H3,(H,12,13,14)/t7?,8-/m0/s1. The second-order valence-electron chi connectivity index (χ2n) is 3.63. The fourth-order valence-electron chi connectivity index (χ4n) is 1.77. The number of nitrogens with zero attached hydrogens (tertiary/aromatic N) is 2. The van der Waals surface area contributed by atoms with Crippen molar-refractivity contribution in [1.82, 2.24) is 15.3 Å². The highest BCUT2D eigenvalue weighted by molar-refractivity contribution is 7.98. The smallest absolute Gasteiger partial charge is 0.130 e. The van der Waals surface area contributed by atoms with Crippen LogP contribution in [0.3, 0.4) is 0 Å². The Balaban J connectivity index is 2.02. The molecule has 2 heterocycles. The van der Waals surface area contributed by atoms with Crippen LogP contribution >= 0.6 is 11.8 Å². The van der Waals surface area contributed by atoms with Gasteiger partial charge in [0.2, 0.25) is 0 Å². The first kappa shape index (κ1) is 11.6. The van der Waals surface area contributed by atoms with E-state index >= 15 is 0 Å². The maximum atomic E-state index is 5.38. The van der Waals surface area contributed by atoms with Crippen molar-refractivity contribution in [2.45, 2.75) is 17.2 Å². The highest BCUT2D eigenvalue weighted by atomic mass is 32.2. The molecule has 88 valence electrons. The van der Waals surface area contributed by atoms with Gasteiger partial charge in [-0.15, -0.1) is 11.8 Å². The average molecular weight is 240 g/mol. The van der Waals surface area contributed by atoms with Gasteiger partial charge in [0.05, 0.1) is 12.1 Å². The topological polar surface area (TPSA) is 59.1 Å². The highest BCUT2D eigenvalue weighted by Crippen LogP contribution is 2.16. The second kappa shape index (κ2) is 5.47. The van der Waals surface area contributed by atoms with Gasteiger partial charge >= 0.3 is 0 Å². The van der Waals surface area contributed by atoms with E-state index in [1.54, 1.807) is 25.2 Å². The number of hydrogen-bond acceptors (Lipinski definition) is 6. The van der Waals surface area contributed by atoms with E-state index in [-0.39, 0.29) is 12.1 Å². The number of methoxy groups -OCH3 is 1. The molecule has 2 atom stereocenters. The molecule has 1 aliphatic heterocycles. The third kappa shape index (κ3) is 2.63. The van der Waals surface area contributed by atoms with Crippen molar-refractivity contribution in [1.29, 1.82) is 0 Å². The van der Waals surface area contributed by atoms with Crippen LogP contribution < -0.4 is 10.6 Å². The van der Waals surface area contributed by atoms with Gasteiger partial charge in [0.1, 0.15) is 17.2 Å². The molecule has 1 unspecified atom stereocenters. The summed E-state index contributed by atoms with van der Waals surface area (Å²) in [5.41, 5.74) is 0. The van der Waals surface area contributed by atoms with Crippen LogP contribution in [0.15, 0.2) is 17.4 Å². The summed E-state index contributed by atoms with van der Waals surface area (Å²) in [5.74, 6) is 0.857. The SMILES string of the molecule is CO[C@H]1CNCC1Nc1cc(SC)ncn1. The summed E-state index contributed by atoms with van der Waals surface area (Å²) in [6.07, 6.45) is 3.78. The van der Waals surface area contributed by atoms with Gasteiger partial charge in [0.15, 0.2) is 0 Å². The largest absolute Gasteiger partial charge is 0.378 e. The number of rotatable bonds is 4. The van der Waals surface area contributed by atoms with E-state index in [0.717, 1.165) is 23.9 Å². The van der Waals surface area contributed by atoms with Crippen molar-refractivity contribution in [2.75, 3.05) is 31.8 Å². The number of nitrogens with one attached hydrogen (secondary N) is 2. The lowest BCUT2D eigenvalue weighted by molar-refractivity contribution is 0.111.